The first-order valence-electron chi connectivity index (χ1n) is 16.6. The zero-order chi connectivity index (χ0) is 36.6. The Morgan fingerprint density at radius 2 is 0.940 bits per heavy atom. The number of aryl methyl sites for hydroxylation is 1. The maximum Gasteiger partial charge on any atom is 0.334 e. The van der Waals surface area contributed by atoms with Crippen LogP contribution in [0.2, 0.25) is 0 Å². The predicted octanol–water partition coefficient (Wildman–Crippen LogP) is 5.02. The smallest absolute Gasteiger partial charge is 0.334 e. The van der Waals surface area contributed by atoms with Crippen molar-refractivity contribution in [3.8, 4) is 0 Å². The Morgan fingerprint density at radius 3 is 1.28 bits per heavy atom. The van der Waals surface area contributed by atoms with Crippen LogP contribution < -0.4 is 10.6 Å². The van der Waals surface area contributed by atoms with Gasteiger partial charge in [-0.1, -0.05) is 112 Å². The minimum atomic E-state index is -1.68. The van der Waals surface area contributed by atoms with E-state index in [9.17, 15) is 29.4 Å². The molecule has 0 saturated carbocycles. The van der Waals surface area contributed by atoms with E-state index in [2.05, 4.69) is 31.4 Å². The number of carboxylic acid groups (broad SMARTS) is 2. The molecule has 0 unspecified atom stereocenters. The van der Waals surface area contributed by atoms with Gasteiger partial charge in [-0.3, -0.25) is 9.59 Å². The number of carbonyl (C=O) groups is 4. The quantitative estimate of drug-likeness (QED) is 0.101. The lowest BCUT2D eigenvalue weighted by Gasteiger charge is -2.22. The van der Waals surface area contributed by atoms with E-state index in [-0.39, 0.29) is 12.8 Å². The number of carbonyl (C=O) groups excluding carboxylic acids is 2. The summed E-state index contributed by atoms with van der Waals surface area (Å²) in [5, 5.41) is 43.4. The van der Waals surface area contributed by atoms with E-state index in [4.69, 9.17) is 10.2 Å². The summed E-state index contributed by atoms with van der Waals surface area (Å²) >= 11 is 0. The molecule has 0 aliphatic carbocycles. The van der Waals surface area contributed by atoms with E-state index in [0.29, 0.717) is 17.0 Å². The molecule has 6 N–H and O–H groups in total. The van der Waals surface area contributed by atoms with E-state index in [1.807, 2.05) is 84.9 Å². The topological polar surface area (TPSA) is 173 Å². The summed E-state index contributed by atoms with van der Waals surface area (Å²) in [5.41, 5.74) is 4.80. The van der Waals surface area contributed by atoms with Gasteiger partial charge in [0.15, 0.2) is 12.2 Å². The summed E-state index contributed by atoms with van der Waals surface area (Å²) < 4.78 is 0. The van der Waals surface area contributed by atoms with Gasteiger partial charge in [0.2, 0.25) is 0 Å². The number of hydrogen-bond donors (Lipinski definition) is 6. The normalized spacial score (nSPS) is 13.2. The van der Waals surface area contributed by atoms with Crippen LogP contribution in [0.1, 0.15) is 76.1 Å². The zero-order valence-electron chi connectivity index (χ0n) is 28.5. The third-order valence-electron chi connectivity index (χ3n) is 8.09. The molecule has 10 nitrogen and oxygen atoms in total. The van der Waals surface area contributed by atoms with Crippen molar-refractivity contribution >= 4 is 23.8 Å². The summed E-state index contributed by atoms with van der Waals surface area (Å²) in [4.78, 5) is 47.2. The highest BCUT2D eigenvalue weighted by molar-refractivity contribution is 5.95. The van der Waals surface area contributed by atoms with Gasteiger partial charge in [0.1, 0.15) is 0 Å². The predicted molar refractivity (Wildman–Crippen MR) is 191 cm³/mol. The average molecular weight is 683 g/mol. The molecule has 0 bridgehead atoms. The molecule has 50 heavy (non-hydrogen) atoms. The van der Waals surface area contributed by atoms with Crippen LogP contribution in [-0.4, -0.2) is 68.5 Å². The molecule has 0 heterocycles. The maximum atomic E-state index is 12.4. The molecule has 10 heteroatoms. The number of benzene rings is 4. The largest absolute Gasteiger partial charge is 0.479 e. The van der Waals surface area contributed by atoms with E-state index in [1.54, 1.807) is 24.3 Å². The van der Waals surface area contributed by atoms with Crippen molar-refractivity contribution < 1.29 is 39.6 Å². The van der Waals surface area contributed by atoms with Crippen LogP contribution >= 0.6 is 0 Å². The number of carboxylic acids is 2. The first kappa shape index (κ1) is 39.1. The van der Waals surface area contributed by atoms with Crippen LogP contribution in [0.5, 0.6) is 0 Å². The highest BCUT2D eigenvalue weighted by Gasteiger charge is 2.29. The summed E-state index contributed by atoms with van der Waals surface area (Å²) in [5.74, 6) is -3.17. The van der Waals surface area contributed by atoms with E-state index >= 15 is 0 Å². The third-order valence-corrected chi connectivity index (χ3v) is 8.09. The van der Waals surface area contributed by atoms with Crippen molar-refractivity contribution in [3.05, 3.63) is 143 Å². The van der Waals surface area contributed by atoms with Gasteiger partial charge in [-0.2, -0.15) is 0 Å². The average Bonchev–Trinajstić information content (AvgIpc) is 3.12. The molecule has 0 aliphatic rings. The Balaban J connectivity index is 0.000000270. The molecule has 0 saturated heterocycles. The molecule has 2 amide bonds. The molecule has 4 aromatic carbocycles. The summed E-state index contributed by atoms with van der Waals surface area (Å²) in [6.07, 6.45) is -0.938. The highest BCUT2D eigenvalue weighted by Crippen LogP contribution is 2.16. The lowest BCUT2D eigenvalue weighted by atomic mass is 9.99. The van der Waals surface area contributed by atoms with Crippen molar-refractivity contribution in [3.63, 3.8) is 0 Å². The molecular weight excluding hydrogens is 636 g/mol. The Labute approximate surface area is 292 Å². The van der Waals surface area contributed by atoms with Crippen LogP contribution in [0.15, 0.2) is 109 Å². The van der Waals surface area contributed by atoms with Gasteiger partial charge < -0.3 is 31.1 Å². The fraction of sp³-hybridized carbons (Fsp3) is 0.300. The monoisotopic (exact) mass is 682 g/mol. The minimum Gasteiger partial charge on any atom is -0.479 e. The number of aliphatic hydroxyl groups is 2. The zero-order valence-corrected chi connectivity index (χ0v) is 28.5. The van der Waals surface area contributed by atoms with E-state index in [1.165, 1.54) is 0 Å². The van der Waals surface area contributed by atoms with Crippen LogP contribution in [0.25, 0.3) is 0 Å². The van der Waals surface area contributed by atoms with Crippen molar-refractivity contribution in [2.75, 3.05) is 0 Å². The van der Waals surface area contributed by atoms with Crippen molar-refractivity contribution in [2.24, 2.45) is 0 Å². The highest BCUT2D eigenvalue weighted by atomic mass is 16.4. The number of rotatable bonds is 15. The van der Waals surface area contributed by atoms with Crippen molar-refractivity contribution in [1.29, 1.82) is 0 Å². The Kier molecular flexibility index (Phi) is 15.4. The molecule has 0 aliphatic heterocycles. The van der Waals surface area contributed by atoms with Crippen molar-refractivity contribution in [1.82, 2.24) is 10.6 Å². The molecule has 0 spiro atoms. The Morgan fingerprint density at radius 1 is 0.560 bits per heavy atom. The molecule has 4 aromatic rings. The van der Waals surface area contributed by atoms with Crippen LogP contribution in [-0.2, 0) is 28.9 Å². The van der Waals surface area contributed by atoms with Crippen LogP contribution in [0.4, 0.5) is 0 Å². The van der Waals surface area contributed by atoms with Gasteiger partial charge in [-0.05, 0) is 71.7 Å². The van der Waals surface area contributed by atoms with Gasteiger partial charge in [-0.25, -0.2) is 9.59 Å². The van der Waals surface area contributed by atoms with E-state index in [0.717, 1.165) is 35.1 Å². The lowest BCUT2D eigenvalue weighted by molar-refractivity contribution is -0.148. The molecule has 0 fully saturated rings. The Bertz CT molecular complexity index is 1660. The lowest BCUT2D eigenvalue weighted by Crippen LogP contribution is -2.48. The van der Waals surface area contributed by atoms with Gasteiger partial charge in [0.05, 0.1) is 12.1 Å². The maximum absolute atomic E-state index is 12.4. The number of hydrogen-bond acceptors (Lipinski definition) is 6. The summed E-state index contributed by atoms with van der Waals surface area (Å²) in [6.45, 7) is 6.21. The second-order valence-corrected chi connectivity index (χ2v) is 12.3. The molecule has 4 atom stereocenters. The number of amides is 2. The van der Waals surface area contributed by atoms with Gasteiger partial charge in [-0.15, -0.1) is 0 Å². The fourth-order valence-corrected chi connectivity index (χ4v) is 5.20. The second-order valence-electron chi connectivity index (χ2n) is 12.3. The molecular formula is C40H46N2O8. The molecule has 264 valence electrons. The number of nitrogens with one attached hydrogen (secondary N) is 2. The third kappa shape index (κ3) is 12.3. The SMILES string of the molecule is CC(C)c1ccc(C(=O)N[C@H](Cc2ccccc2)[C@@H](O)C(=O)O)cc1.CCCc1ccc(C(=O)N[C@H](Cc2ccccc2)[C@@H](O)C(=O)O)cc1. The molecule has 4 rings (SSSR count). The van der Waals surface area contributed by atoms with Gasteiger partial charge in [0, 0.05) is 11.1 Å². The molecule has 0 radical (unpaired) electrons. The summed E-state index contributed by atoms with van der Waals surface area (Å²) in [7, 11) is 0. The number of aliphatic carboxylic acids is 2. The fourth-order valence-electron chi connectivity index (χ4n) is 5.20. The summed E-state index contributed by atoms with van der Waals surface area (Å²) in [6, 6.07) is 30.8. The standard InChI is InChI=1S/2C20H23NO4/c1-13(2)15-8-10-16(11-9-15)19(23)21-17(18(22)20(24)25)12-14-6-4-3-5-7-14;1-2-6-14-9-11-16(12-10-14)19(23)21-17(18(22)20(24)25)13-15-7-4-3-5-8-15/h3-11,13,17-18,22H,12H2,1-2H3,(H,21,23)(H,24,25);3-5,7-12,17-18,22H,2,6,13H2,1H3,(H,21,23)(H,24,25)/t2*17-,18-/m11/s1. The van der Waals surface area contributed by atoms with E-state index < -0.39 is 48.0 Å². The van der Waals surface area contributed by atoms with Crippen molar-refractivity contribution in [2.45, 2.75) is 76.7 Å². The second kappa shape index (κ2) is 19.6. The first-order chi connectivity index (χ1) is 23.9. The van der Waals surface area contributed by atoms with Gasteiger partial charge >= 0.3 is 11.9 Å². The van der Waals surface area contributed by atoms with Gasteiger partial charge in [0.25, 0.3) is 11.8 Å². The first-order valence-corrected chi connectivity index (χ1v) is 16.6. The van der Waals surface area contributed by atoms with Crippen LogP contribution in [0.3, 0.4) is 0 Å². The number of aliphatic hydroxyl groups excluding tert-OH is 2. The van der Waals surface area contributed by atoms with Crippen LogP contribution in [0, 0.1) is 0 Å². The molecule has 0 aromatic heterocycles. The Hall–Kier alpha value is -5.32. The minimum absolute atomic E-state index is 0.226.